The molecule has 21 heavy (non-hydrogen) atoms. The summed E-state index contributed by atoms with van der Waals surface area (Å²) in [7, 11) is 6.06. The molecule has 1 saturated carbocycles. The Morgan fingerprint density at radius 3 is 2.76 bits per heavy atom. The number of hydrogen-bond donors (Lipinski definition) is 2. The van der Waals surface area contributed by atoms with Gasteiger partial charge in [-0.3, -0.25) is 9.69 Å². The highest BCUT2D eigenvalue weighted by molar-refractivity contribution is 5.79. The third kappa shape index (κ3) is 3.58. The topological polar surface area (TPSA) is 55.8 Å². The van der Waals surface area contributed by atoms with Gasteiger partial charge in [0.15, 0.2) is 0 Å². The first-order chi connectivity index (χ1) is 9.99. The summed E-state index contributed by atoms with van der Waals surface area (Å²) in [5, 5.41) is 12.7. The predicted molar refractivity (Wildman–Crippen MR) is 84.5 cm³/mol. The van der Waals surface area contributed by atoms with Crippen LogP contribution in [0.4, 0.5) is 0 Å². The van der Waals surface area contributed by atoms with Crippen molar-refractivity contribution in [3.63, 3.8) is 0 Å². The molecule has 5 nitrogen and oxygen atoms in total. The monoisotopic (exact) mass is 297 g/mol. The summed E-state index contributed by atoms with van der Waals surface area (Å²) < 4.78 is 0. The van der Waals surface area contributed by atoms with Crippen LogP contribution in [0.15, 0.2) is 0 Å². The van der Waals surface area contributed by atoms with E-state index >= 15 is 0 Å². The molecule has 122 valence electrons. The molecule has 2 N–H and O–H groups in total. The number of carboxylic acid groups (broad SMARTS) is 1. The molecule has 0 aromatic rings. The molecule has 0 spiro atoms. The van der Waals surface area contributed by atoms with Gasteiger partial charge in [-0.2, -0.15) is 0 Å². The number of nitrogens with one attached hydrogen (secondary N) is 1. The van der Waals surface area contributed by atoms with Crippen molar-refractivity contribution in [3.05, 3.63) is 0 Å². The summed E-state index contributed by atoms with van der Waals surface area (Å²) in [4.78, 5) is 16.5. The Bertz CT molecular complexity index is 361. The van der Waals surface area contributed by atoms with Crippen LogP contribution in [0, 0.1) is 5.92 Å². The third-order valence-electron chi connectivity index (χ3n) is 5.49. The molecular formula is C16H31N3O2. The average Bonchev–Trinajstić information content (AvgIpc) is 3.02. The molecule has 0 aromatic heterocycles. The number of aliphatic carboxylic acids is 1. The second-order valence-corrected chi connectivity index (χ2v) is 7.00. The summed E-state index contributed by atoms with van der Waals surface area (Å²) in [6, 6.07) is 0.648. The maximum Gasteiger partial charge on any atom is 0.324 e. The fourth-order valence-electron chi connectivity index (χ4n) is 4.33. The van der Waals surface area contributed by atoms with Crippen molar-refractivity contribution in [2.45, 2.75) is 50.1 Å². The second kappa shape index (κ2) is 7.07. The van der Waals surface area contributed by atoms with Crippen molar-refractivity contribution in [3.8, 4) is 0 Å². The number of nitrogens with zero attached hydrogens (tertiary/aromatic N) is 2. The van der Waals surface area contributed by atoms with Crippen molar-refractivity contribution in [1.82, 2.24) is 15.1 Å². The first-order valence-electron chi connectivity index (χ1n) is 8.30. The van der Waals surface area contributed by atoms with Crippen LogP contribution in [0.25, 0.3) is 0 Å². The van der Waals surface area contributed by atoms with Crippen LogP contribution in [0.2, 0.25) is 0 Å². The van der Waals surface area contributed by atoms with Gasteiger partial charge in [-0.1, -0.05) is 6.42 Å². The van der Waals surface area contributed by atoms with Gasteiger partial charge in [-0.25, -0.2) is 0 Å². The first kappa shape index (κ1) is 16.7. The van der Waals surface area contributed by atoms with Crippen molar-refractivity contribution >= 4 is 5.97 Å². The summed E-state index contributed by atoms with van der Waals surface area (Å²) in [6.07, 6.45) is 6.39. The molecule has 0 bridgehead atoms. The van der Waals surface area contributed by atoms with Crippen molar-refractivity contribution in [2.24, 2.45) is 5.92 Å². The Morgan fingerprint density at radius 2 is 2.14 bits per heavy atom. The standard InChI is InChI=1S/C16H31N3O2/c1-17-16(15(20)21)9-4-6-13(16)8-11-19-10-5-7-14(19)12-18(2)3/h13-14,17H,4-12H2,1-3H3,(H,20,21). The van der Waals surface area contributed by atoms with Gasteiger partial charge >= 0.3 is 5.97 Å². The Hall–Kier alpha value is -0.650. The number of carboxylic acids is 1. The number of likely N-dealkylation sites (tertiary alicyclic amines) is 1. The van der Waals surface area contributed by atoms with E-state index in [0.29, 0.717) is 6.04 Å². The first-order valence-corrected chi connectivity index (χ1v) is 8.30. The van der Waals surface area contributed by atoms with E-state index in [9.17, 15) is 9.90 Å². The van der Waals surface area contributed by atoms with Crippen LogP contribution in [-0.2, 0) is 4.79 Å². The lowest BCUT2D eigenvalue weighted by Gasteiger charge is -2.33. The molecule has 2 rings (SSSR count). The summed E-state index contributed by atoms with van der Waals surface area (Å²) >= 11 is 0. The van der Waals surface area contributed by atoms with Crippen LogP contribution in [0.3, 0.4) is 0 Å². The highest BCUT2D eigenvalue weighted by Crippen LogP contribution is 2.38. The van der Waals surface area contributed by atoms with E-state index in [1.54, 1.807) is 7.05 Å². The van der Waals surface area contributed by atoms with Crippen LogP contribution in [0.5, 0.6) is 0 Å². The van der Waals surface area contributed by atoms with E-state index in [1.807, 2.05) is 0 Å². The maximum absolute atomic E-state index is 11.7. The highest BCUT2D eigenvalue weighted by Gasteiger charge is 2.47. The lowest BCUT2D eigenvalue weighted by atomic mass is 9.84. The van der Waals surface area contributed by atoms with Crippen molar-refractivity contribution in [2.75, 3.05) is 40.8 Å². The van der Waals surface area contributed by atoms with Gasteiger partial charge in [0.1, 0.15) is 5.54 Å². The molecule has 1 heterocycles. The lowest BCUT2D eigenvalue weighted by Crippen LogP contribution is -2.53. The molecule has 1 saturated heterocycles. The van der Waals surface area contributed by atoms with Crippen LogP contribution >= 0.6 is 0 Å². The molecule has 1 aliphatic carbocycles. The third-order valence-corrected chi connectivity index (χ3v) is 5.49. The summed E-state index contributed by atoms with van der Waals surface area (Å²) in [6.45, 7) is 3.32. The predicted octanol–water partition coefficient (Wildman–Crippen LogP) is 1.25. The van der Waals surface area contributed by atoms with Crippen molar-refractivity contribution < 1.29 is 9.90 Å². The number of rotatable bonds is 7. The van der Waals surface area contributed by atoms with E-state index < -0.39 is 11.5 Å². The Kier molecular flexibility index (Phi) is 5.63. The molecule has 0 amide bonds. The van der Waals surface area contributed by atoms with Gasteiger partial charge in [0.2, 0.25) is 0 Å². The minimum Gasteiger partial charge on any atom is -0.480 e. The molecule has 0 radical (unpaired) electrons. The quantitative estimate of drug-likeness (QED) is 0.740. The Balaban J connectivity index is 1.91. The largest absolute Gasteiger partial charge is 0.480 e. The van der Waals surface area contributed by atoms with E-state index in [-0.39, 0.29) is 5.92 Å². The van der Waals surface area contributed by atoms with Gasteiger partial charge in [-0.05, 0) is 72.3 Å². The molecule has 2 fully saturated rings. The van der Waals surface area contributed by atoms with Gasteiger partial charge in [0.25, 0.3) is 0 Å². The van der Waals surface area contributed by atoms with Crippen LogP contribution in [0.1, 0.15) is 38.5 Å². The summed E-state index contributed by atoms with van der Waals surface area (Å²) in [5.41, 5.74) is -0.684. The SMILES string of the molecule is CNC1(C(=O)O)CCCC1CCN1CCCC1CN(C)C. The van der Waals surface area contributed by atoms with Gasteiger partial charge in [-0.15, -0.1) is 0 Å². The van der Waals surface area contributed by atoms with Crippen LogP contribution in [-0.4, -0.2) is 73.2 Å². The zero-order valence-electron chi connectivity index (χ0n) is 13.8. The molecular weight excluding hydrogens is 266 g/mol. The zero-order chi connectivity index (χ0) is 15.5. The molecule has 5 heteroatoms. The molecule has 3 unspecified atom stereocenters. The van der Waals surface area contributed by atoms with E-state index in [4.69, 9.17) is 0 Å². The normalized spacial score (nSPS) is 33.9. The molecule has 2 aliphatic rings. The minimum atomic E-state index is -0.684. The molecule has 1 aliphatic heterocycles. The summed E-state index contributed by atoms with van der Waals surface area (Å²) in [5.74, 6) is -0.403. The lowest BCUT2D eigenvalue weighted by molar-refractivity contribution is -0.146. The van der Waals surface area contributed by atoms with Crippen molar-refractivity contribution in [1.29, 1.82) is 0 Å². The Morgan fingerprint density at radius 1 is 1.38 bits per heavy atom. The minimum absolute atomic E-state index is 0.264. The molecule has 0 aromatic carbocycles. The van der Waals surface area contributed by atoms with E-state index in [0.717, 1.165) is 38.8 Å². The van der Waals surface area contributed by atoms with Crippen LogP contribution < -0.4 is 5.32 Å². The van der Waals surface area contributed by atoms with Gasteiger partial charge in [0.05, 0.1) is 0 Å². The average molecular weight is 297 g/mol. The smallest absolute Gasteiger partial charge is 0.324 e. The number of likely N-dealkylation sites (N-methyl/N-ethyl adjacent to an activating group) is 2. The highest BCUT2D eigenvalue weighted by atomic mass is 16.4. The Labute approximate surface area is 128 Å². The molecule has 3 atom stereocenters. The number of hydrogen-bond acceptors (Lipinski definition) is 4. The second-order valence-electron chi connectivity index (χ2n) is 7.00. The zero-order valence-corrected chi connectivity index (χ0v) is 13.8. The fourth-order valence-corrected chi connectivity index (χ4v) is 4.33. The van der Waals surface area contributed by atoms with Gasteiger partial charge < -0.3 is 15.3 Å². The van der Waals surface area contributed by atoms with E-state index in [1.165, 1.54) is 19.4 Å². The van der Waals surface area contributed by atoms with Gasteiger partial charge in [0, 0.05) is 12.6 Å². The maximum atomic E-state index is 11.7. The fraction of sp³-hybridized carbons (Fsp3) is 0.938. The number of carbonyl (C=O) groups is 1. The van der Waals surface area contributed by atoms with E-state index in [2.05, 4.69) is 29.2 Å².